The molecule has 2 heteroatoms. The smallest absolute Gasteiger partial charge is 0.135 e. The van der Waals surface area contributed by atoms with Crippen LogP contribution < -0.4 is 9.64 Å². The Labute approximate surface area is 356 Å². The van der Waals surface area contributed by atoms with Gasteiger partial charge in [0.2, 0.25) is 0 Å². The summed E-state index contributed by atoms with van der Waals surface area (Å²) in [7, 11) is 0. The Hall–Kier alpha value is -7.94. The van der Waals surface area contributed by atoms with Crippen LogP contribution in [0.3, 0.4) is 0 Å². The minimum Gasteiger partial charge on any atom is -0.456 e. The van der Waals surface area contributed by atoms with E-state index < -0.39 is 5.41 Å². The van der Waals surface area contributed by atoms with Gasteiger partial charge in [0.05, 0.1) is 11.1 Å². The molecular weight excluding hydrogens is 739 g/mol. The van der Waals surface area contributed by atoms with Gasteiger partial charge >= 0.3 is 0 Å². The summed E-state index contributed by atoms with van der Waals surface area (Å²) >= 11 is 0. The third kappa shape index (κ3) is 5.50. The van der Waals surface area contributed by atoms with Gasteiger partial charge in [0.25, 0.3) is 0 Å². The lowest BCUT2D eigenvalue weighted by Crippen LogP contribution is -2.28. The van der Waals surface area contributed by atoms with Gasteiger partial charge in [-0.05, 0) is 116 Å². The van der Waals surface area contributed by atoms with Crippen LogP contribution in [0.4, 0.5) is 17.1 Å². The predicted molar refractivity (Wildman–Crippen MR) is 252 cm³/mol. The second-order valence-corrected chi connectivity index (χ2v) is 16.0. The van der Waals surface area contributed by atoms with E-state index in [9.17, 15) is 0 Å². The second-order valence-electron chi connectivity index (χ2n) is 16.0. The van der Waals surface area contributed by atoms with Crippen molar-refractivity contribution in [3.05, 3.63) is 259 Å². The Morgan fingerprint density at radius 1 is 0.328 bits per heavy atom. The highest BCUT2D eigenvalue weighted by Gasteiger charge is 2.46. The number of anilines is 3. The number of nitrogens with zero attached hydrogens (tertiary/aromatic N) is 1. The second kappa shape index (κ2) is 14.1. The molecule has 2 aliphatic rings. The van der Waals surface area contributed by atoms with Gasteiger partial charge in [-0.1, -0.05) is 182 Å². The van der Waals surface area contributed by atoms with Crippen molar-refractivity contribution in [3.63, 3.8) is 0 Å². The summed E-state index contributed by atoms with van der Waals surface area (Å²) in [6, 6.07) is 86.2. The van der Waals surface area contributed by atoms with Gasteiger partial charge < -0.3 is 9.64 Å². The molecule has 0 unspecified atom stereocenters. The Morgan fingerprint density at radius 3 is 1.66 bits per heavy atom. The molecule has 1 heterocycles. The summed E-state index contributed by atoms with van der Waals surface area (Å²) in [6.07, 6.45) is 0. The first-order chi connectivity index (χ1) is 30.3. The van der Waals surface area contributed by atoms with Gasteiger partial charge in [-0.25, -0.2) is 0 Å². The molecule has 0 fully saturated rings. The molecule has 10 aromatic carbocycles. The monoisotopic (exact) mass is 777 g/mol. The number of hydrogen-bond acceptors (Lipinski definition) is 2. The molecule has 0 bridgehead atoms. The fraction of sp³-hybridized carbons (Fsp3) is 0.0169. The molecule has 0 saturated carbocycles. The molecule has 0 spiro atoms. The lowest BCUT2D eigenvalue weighted by atomic mass is 9.67. The first-order valence-corrected chi connectivity index (χ1v) is 21.0. The van der Waals surface area contributed by atoms with Crippen LogP contribution in [0.25, 0.3) is 55.3 Å². The minimum atomic E-state index is -0.527. The Bertz CT molecular complexity index is 3220. The van der Waals surface area contributed by atoms with Crippen molar-refractivity contribution in [2.45, 2.75) is 5.41 Å². The maximum atomic E-state index is 6.45. The molecular formula is C59H39NO. The highest BCUT2D eigenvalue weighted by molar-refractivity contribution is 6.07. The Kier molecular flexibility index (Phi) is 8.11. The summed E-state index contributed by atoms with van der Waals surface area (Å²) in [5.74, 6) is 1.78. The molecule has 1 aliphatic carbocycles. The molecule has 2 nitrogen and oxygen atoms in total. The van der Waals surface area contributed by atoms with Crippen molar-refractivity contribution < 1.29 is 4.74 Å². The van der Waals surface area contributed by atoms with E-state index in [0.29, 0.717) is 0 Å². The Morgan fingerprint density at radius 2 is 0.902 bits per heavy atom. The number of ether oxygens (including phenoxy) is 1. The van der Waals surface area contributed by atoms with Crippen LogP contribution in [-0.2, 0) is 5.41 Å². The number of benzene rings is 10. The van der Waals surface area contributed by atoms with Crippen LogP contribution in [0, 0.1) is 0 Å². The van der Waals surface area contributed by atoms with Gasteiger partial charge in [-0.15, -0.1) is 0 Å². The first kappa shape index (κ1) is 35.0. The van der Waals surface area contributed by atoms with Gasteiger partial charge in [-0.3, -0.25) is 0 Å². The zero-order valence-corrected chi connectivity index (χ0v) is 33.4. The molecule has 1 aliphatic heterocycles. The van der Waals surface area contributed by atoms with E-state index in [-0.39, 0.29) is 0 Å². The maximum absolute atomic E-state index is 6.45. The van der Waals surface area contributed by atoms with E-state index in [1.54, 1.807) is 0 Å². The van der Waals surface area contributed by atoms with E-state index in [1.165, 1.54) is 50.1 Å². The summed E-state index contributed by atoms with van der Waals surface area (Å²) < 4.78 is 6.45. The van der Waals surface area contributed by atoms with Crippen LogP contribution in [-0.4, -0.2) is 0 Å². The van der Waals surface area contributed by atoms with Crippen molar-refractivity contribution in [3.8, 4) is 56.0 Å². The average Bonchev–Trinajstić information content (AvgIpc) is 3.63. The molecule has 10 aromatic rings. The number of para-hydroxylation sites is 2. The van der Waals surface area contributed by atoms with E-state index in [0.717, 1.165) is 56.0 Å². The topological polar surface area (TPSA) is 12.5 Å². The molecule has 0 radical (unpaired) electrons. The lowest BCUT2D eigenvalue weighted by molar-refractivity contribution is 0.487. The molecule has 0 saturated heterocycles. The van der Waals surface area contributed by atoms with E-state index in [1.807, 2.05) is 6.07 Å². The minimum absolute atomic E-state index is 0.527. The van der Waals surface area contributed by atoms with Crippen LogP contribution >= 0.6 is 0 Å². The predicted octanol–water partition coefficient (Wildman–Crippen LogP) is 15.8. The average molecular weight is 778 g/mol. The van der Waals surface area contributed by atoms with Crippen LogP contribution in [0.2, 0.25) is 0 Å². The normalized spacial score (nSPS) is 12.9. The quantitative estimate of drug-likeness (QED) is 0.160. The number of hydrogen-bond donors (Lipinski definition) is 0. The molecule has 0 N–H and O–H groups in total. The van der Waals surface area contributed by atoms with Gasteiger partial charge in [0, 0.05) is 27.9 Å². The van der Waals surface area contributed by atoms with E-state index in [2.05, 4.69) is 235 Å². The van der Waals surface area contributed by atoms with Crippen molar-refractivity contribution in [2.24, 2.45) is 0 Å². The summed E-state index contributed by atoms with van der Waals surface area (Å²) in [5, 5.41) is 2.30. The van der Waals surface area contributed by atoms with Crippen LogP contribution in [0.5, 0.6) is 11.5 Å². The molecule has 0 aromatic heterocycles. The zero-order chi connectivity index (χ0) is 40.3. The standard InChI is InChI=1S/C59H39NO/c1-4-17-40(18-5-1)41-31-33-46(34-32-41)60(55-28-14-11-24-48(55)43-37-42-19-16-30-57-58(42)52(38-43)51-26-12-15-29-56(51)61-57)47-35-36-50-49-25-10-13-27-53(49)59(54(50)39-47,44-20-6-2-7-21-44)45-22-8-3-9-23-45/h1-39H. The first-order valence-electron chi connectivity index (χ1n) is 21.0. The van der Waals surface area contributed by atoms with Crippen molar-refractivity contribution in [1.29, 1.82) is 0 Å². The maximum Gasteiger partial charge on any atom is 0.135 e. The molecule has 0 atom stereocenters. The highest BCUT2D eigenvalue weighted by atomic mass is 16.5. The van der Waals surface area contributed by atoms with Crippen LogP contribution in [0.15, 0.2) is 237 Å². The van der Waals surface area contributed by atoms with Crippen LogP contribution in [0.1, 0.15) is 22.3 Å². The molecule has 0 amide bonds. The van der Waals surface area contributed by atoms with Gasteiger partial charge in [0.15, 0.2) is 0 Å². The summed E-state index contributed by atoms with van der Waals surface area (Å²) in [6.45, 7) is 0. The SMILES string of the molecule is c1ccc(-c2ccc(N(c3ccc4c(c3)C(c3ccccc3)(c3ccccc3)c3ccccc3-4)c3ccccc3-c3cc4c5c(cccc5c3)Oc3ccccc3-4)cc2)cc1. The molecule has 286 valence electrons. The highest BCUT2D eigenvalue weighted by Crippen LogP contribution is 2.58. The third-order valence-corrected chi connectivity index (χ3v) is 12.7. The largest absolute Gasteiger partial charge is 0.456 e. The van der Waals surface area contributed by atoms with E-state index in [4.69, 9.17) is 4.74 Å². The van der Waals surface area contributed by atoms with Crippen molar-refractivity contribution in [2.75, 3.05) is 4.90 Å². The van der Waals surface area contributed by atoms with Crippen molar-refractivity contribution >= 4 is 27.8 Å². The third-order valence-electron chi connectivity index (χ3n) is 12.7. The zero-order valence-electron chi connectivity index (χ0n) is 33.4. The summed E-state index contributed by atoms with van der Waals surface area (Å²) in [5.41, 5.74) is 17.3. The number of rotatable bonds is 7. The van der Waals surface area contributed by atoms with Crippen molar-refractivity contribution in [1.82, 2.24) is 0 Å². The van der Waals surface area contributed by atoms with E-state index >= 15 is 0 Å². The lowest BCUT2D eigenvalue weighted by Gasteiger charge is -2.35. The fourth-order valence-corrected chi connectivity index (χ4v) is 10.1. The molecule has 61 heavy (non-hydrogen) atoms. The molecule has 12 rings (SSSR count). The summed E-state index contributed by atoms with van der Waals surface area (Å²) in [4.78, 5) is 2.46. The van der Waals surface area contributed by atoms with Gasteiger partial charge in [-0.2, -0.15) is 0 Å². The number of fused-ring (bicyclic) bond motifs is 5. The Balaban J connectivity index is 1.11. The van der Waals surface area contributed by atoms with Gasteiger partial charge in [0.1, 0.15) is 11.5 Å². The fourth-order valence-electron chi connectivity index (χ4n) is 10.1.